The number of aryl methyl sites for hydroxylation is 1. The van der Waals surface area contributed by atoms with Crippen LogP contribution in [-0.2, 0) is 4.74 Å². The van der Waals surface area contributed by atoms with Gasteiger partial charge in [-0.25, -0.2) is 4.79 Å². The van der Waals surface area contributed by atoms with Crippen molar-refractivity contribution in [2.24, 2.45) is 0 Å². The van der Waals surface area contributed by atoms with Crippen LogP contribution in [0.25, 0.3) is 0 Å². The SMILES string of the molecule is C1CCCOCC1.Cc1c[nH]c(=O)[nH]c1=O. The third-order valence-corrected chi connectivity index (χ3v) is 2.33. The molecule has 0 aliphatic carbocycles. The Bertz CT molecular complexity index is 389. The highest BCUT2D eigenvalue weighted by molar-refractivity contribution is 4.98. The molecule has 0 amide bonds. The summed E-state index contributed by atoms with van der Waals surface area (Å²) in [6.07, 6.45) is 6.68. The first-order valence-electron chi connectivity index (χ1n) is 5.56. The summed E-state index contributed by atoms with van der Waals surface area (Å²) in [7, 11) is 0. The van der Waals surface area contributed by atoms with Gasteiger partial charge in [0.05, 0.1) is 0 Å². The standard InChI is InChI=1S/C6H12O.C5H6N2O2/c1-2-4-6-7-5-3-1;1-3-2-6-5(9)7-4(3)8/h1-6H2;2H,1H3,(H2,6,7,8,9). The van der Waals surface area contributed by atoms with E-state index in [1.807, 2.05) is 0 Å². The van der Waals surface area contributed by atoms with E-state index < -0.39 is 5.69 Å². The average molecular weight is 226 g/mol. The maximum atomic E-state index is 10.6. The summed E-state index contributed by atoms with van der Waals surface area (Å²) in [4.78, 5) is 25.3. The normalized spacial score (nSPS) is 15.8. The minimum atomic E-state index is -0.467. The van der Waals surface area contributed by atoms with Crippen LogP contribution in [0.15, 0.2) is 15.8 Å². The van der Waals surface area contributed by atoms with Gasteiger partial charge >= 0.3 is 5.69 Å². The molecule has 0 aromatic carbocycles. The fourth-order valence-electron chi connectivity index (χ4n) is 1.34. The molecule has 0 unspecified atom stereocenters. The largest absolute Gasteiger partial charge is 0.381 e. The van der Waals surface area contributed by atoms with E-state index >= 15 is 0 Å². The highest BCUT2D eigenvalue weighted by atomic mass is 16.5. The molecule has 0 spiro atoms. The van der Waals surface area contributed by atoms with Crippen molar-refractivity contribution in [2.75, 3.05) is 13.2 Å². The Morgan fingerprint density at radius 2 is 1.75 bits per heavy atom. The minimum Gasteiger partial charge on any atom is -0.381 e. The van der Waals surface area contributed by atoms with Gasteiger partial charge in [0.2, 0.25) is 0 Å². The third-order valence-electron chi connectivity index (χ3n) is 2.33. The van der Waals surface area contributed by atoms with Gasteiger partial charge in [-0.15, -0.1) is 0 Å². The summed E-state index contributed by atoms with van der Waals surface area (Å²) in [6.45, 7) is 3.62. The Kier molecular flexibility index (Phi) is 5.56. The lowest BCUT2D eigenvalue weighted by atomic mass is 10.2. The average Bonchev–Trinajstić information content (AvgIpc) is 2.56. The van der Waals surface area contributed by atoms with Crippen LogP contribution in [0.5, 0.6) is 0 Å². The Morgan fingerprint density at radius 3 is 2.25 bits per heavy atom. The van der Waals surface area contributed by atoms with E-state index in [2.05, 4.69) is 9.97 Å². The molecular formula is C11H18N2O3. The fourth-order valence-corrected chi connectivity index (χ4v) is 1.34. The topological polar surface area (TPSA) is 75.0 Å². The first-order valence-corrected chi connectivity index (χ1v) is 5.56. The lowest BCUT2D eigenvalue weighted by Crippen LogP contribution is -2.22. The molecule has 1 saturated heterocycles. The Hall–Kier alpha value is -1.36. The van der Waals surface area contributed by atoms with Crippen LogP contribution in [0.3, 0.4) is 0 Å². The lowest BCUT2D eigenvalue weighted by molar-refractivity contribution is 0.144. The van der Waals surface area contributed by atoms with E-state index in [0.29, 0.717) is 5.56 Å². The molecule has 2 heterocycles. The molecule has 1 aromatic heterocycles. The van der Waals surface area contributed by atoms with Gasteiger partial charge in [-0.2, -0.15) is 0 Å². The van der Waals surface area contributed by atoms with Crippen LogP contribution in [0.2, 0.25) is 0 Å². The number of H-pyrrole nitrogens is 2. The second kappa shape index (κ2) is 7.00. The van der Waals surface area contributed by atoms with E-state index in [0.717, 1.165) is 13.2 Å². The van der Waals surface area contributed by atoms with Crippen LogP contribution in [-0.4, -0.2) is 23.2 Å². The molecular weight excluding hydrogens is 208 g/mol. The van der Waals surface area contributed by atoms with Crippen molar-refractivity contribution >= 4 is 0 Å². The predicted molar refractivity (Wildman–Crippen MR) is 61.7 cm³/mol. The van der Waals surface area contributed by atoms with Gasteiger partial charge in [0, 0.05) is 25.0 Å². The van der Waals surface area contributed by atoms with E-state index in [-0.39, 0.29) is 5.56 Å². The highest BCUT2D eigenvalue weighted by Crippen LogP contribution is 2.04. The van der Waals surface area contributed by atoms with Crippen molar-refractivity contribution in [3.8, 4) is 0 Å². The number of aromatic nitrogens is 2. The molecule has 16 heavy (non-hydrogen) atoms. The maximum Gasteiger partial charge on any atom is 0.325 e. The molecule has 90 valence electrons. The first kappa shape index (κ1) is 12.7. The van der Waals surface area contributed by atoms with E-state index in [1.54, 1.807) is 6.92 Å². The molecule has 0 radical (unpaired) electrons. The third kappa shape index (κ3) is 4.93. The van der Waals surface area contributed by atoms with Crippen LogP contribution >= 0.6 is 0 Å². The quantitative estimate of drug-likeness (QED) is 0.691. The van der Waals surface area contributed by atoms with Crippen LogP contribution in [0, 0.1) is 6.92 Å². The molecule has 5 nitrogen and oxygen atoms in total. The molecule has 5 heteroatoms. The van der Waals surface area contributed by atoms with E-state index in [1.165, 1.54) is 31.9 Å². The van der Waals surface area contributed by atoms with E-state index in [9.17, 15) is 9.59 Å². The van der Waals surface area contributed by atoms with E-state index in [4.69, 9.17) is 4.74 Å². The summed E-state index contributed by atoms with van der Waals surface area (Å²) in [5.74, 6) is 0. The minimum absolute atomic E-state index is 0.334. The zero-order chi connectivity index (χ0) is 11.8. The molecule has 0 atom stereocenters. The van der Waals surface area contributed by atoms with Crippen molar-refractivity contribution < 1.29 is 4.74 Å². The van der Waals surface area contributed by atoms with Gasteiger partial charge in [-0.1, -0.05) is 12.8 Å². The first-order chi connectivity index (χ1) is 7.70. The summed E-state index contributed by atoms with van der Waals surface area (Å²) < 4.78 is 5.19. The molecule has 0 saturated carbocycles. The number of hydrogen-bond acceptors (Lipinski definition) is 3. The molecule has 1 aliphatic heterocycles. The zero-order valence-electron chi connectivity index (χ0n) is 9.54. The smallest absolute Gasteiger partial charge is 0.325 e. The van der Waals surface area contributed by atoms with Gasteiger partial charge in [0.15, 0.2) is 0 Å². The van der Waals surface area contributed by atoms with Crippen molar-refractivity contribution in [3.63, 3.8) is 0 Å². The Morgan fingerprint density at radius 1 is 1.12 bits per heavy atom. The van der Waals surface area contributed by atoms with Gasteiger partial charge in [-0.3, -0.25) is 9.78 Å². The number of rotatable bonds is 0. The summed E-state index contributed by atoms with van der Waals surface area (Å²) >= 11 is 0. The molecule has 2 rings (SSSR count). The Labute approximate surface area is 93.9 Å². The number of hydrogen-bond donors (Lipinski definition) is 2. The number of ether oxygens (including phenoxy) is 1. The van der Waals surface area contributed by atoms with Crippen LogP contribution in [0.4, 0.5) is 0 Å². The van der Waals surface area contributed by atoms with Gasteiger partial charge in [0.25, 0.3) is 5.56 Å². The number of aromatic amines is 2. The lowest BCUT2D eigenvalue weighted by Gasteiger charge is -1.91. The monoisotopic (exact) mass is 226 g/mol. The zero-order valence-corrected chi connectivity index (χ0v) is 9.54. The van der Waals surface area contributed by atoms with Crippen molar-refractivity contribution in [1.29, 1.82) is 0 Å². The predicted octanol–water partition coefficient (Wildman–Crippen LogP) is 0.949. The fraction of sp³-hybridized carbons (Fsp3) is 0.636. The number of nitrogens with one attached hydrogen (secondary N) is 2. The van der Waals surface area contributed by atoms with Crippen LogP contribution in [0.1, 0.15) is 31.2 Å². The van der Waals surface area contributed by atoms with Gasteiger partial charge in [0.1, 0.15) is 0 Å². The summed E-state index contributed by atoms with van der Waals surface area (Å²) in [6, 6.07) is 0. The molecule has 1 fully saturated rings. The second-order valence-electron chi connectivity index (χ2n) is 3.78. The van der Waals surface area contributed by atoms with Crippen molar-refractivity contribution in [1.82, 2.24) is 9.97 Å². The highest BCUT2D eigenvalue weighted by Gasteiger charge is 1.95. The molecule has 1 aromatic rings. The molecule has 0 bridgehead atoms. The van der Waals surface area contributed by atoms with Gasteiger partial charge in [-0.05, 0) is 19.8 Å². The summed E-state index contributed by atoms with van der Waals surface area (Å²) in [5, 5.41) is 0. The van der Waals surface area contributed by atoms with Gasteiger partial charge < -0.3 is 9.72 Å². The summed E-state index contributed by atoms with van der Waals surface area (Å²) in [5.41, 5.74) is -0.293. The van der Waals surface area contributed by atoms with Crippen molar-refractivity contribution in [2.45, 2.75) is 32.6 Å². The Balaban J connectivity index is 0.000000165. The second-order valence-corrected chi connectivity index (χ2v) is 3.78. The van der Waals surface area contributed by atoms with Crippen molar-refractivity contribution in [3.05, 3.63) is 32.6 Å². The molecule has 1 aliphatic rings. The van der Waals surface area contributed by atoms with Crippen LogP contribution < -0.4 is 11.2 Å². The maximum absolute atomic E-state index is 10.6. The molecule has 2 N–H and O–H groups in total.